The molecule has 0 fully saturated rings. The molecule has 1 atom stereocenters. The van der Waals surface area contributed by atoms with Crippen molar-refractivity contribution < 1.29 is 4.42 Å². The average Bonchev–Trinajstić information content (AvgIpc) is 3.05. The van der Waals surface area contributed by atoms with Gasteiger partial charge in [0.1, 0.15) is 5.76 Å². The van der Waals surface area contributed by atoms with E-state index in [4.69, 9.17) is 4.42 Å². The first-order chi connectivity index (χ1) is 9.72. The summed E-state index contributed by atoms with van der Waals surface area (Å²) in [7, 11) is 0. The number of nitrogens with zero attached hydrogens (tertiary/aromatic N) is 2. The molecule has 4 heteroatoms. The third-order valence-electron chi connectivity index (χ3n) is 3.55. The molecule has 0 aromatic carbocycles. The minimum Gasteiger partial charge on any atom is -0.469 e. The molecule has 0 aliphatic heterocycles. The van der Waals surface area contributed by atoms with Crippen molar-refractivity contribution in [2.75, 3.05) is 6.54 Å². The molecule has 110 valence electrons. The van der Waals surface area contributed by atoms with Crippen LogP contribution in [0.4, 0.5) is 0 Å². The van der Waals surface area contributed by atoms with Crippen molar-refractivity contribution in [2.24, 2.45) is 0 Å². The molecule has 2 rings (SSSR count). The van der Waals surface area contributed by atoms with Crippen molar-refractivity contribution in [3.05, 3.63) is 41.6 Å². The van der Waals surface area contributed by atoms with E-state index in [1.165, 1.54) is 5.69 Å². The molecule has 0 amide bonds. The molecule has 2 aromatic heterocycles. The van der Waals surface area contributed by atoms with Gasteiger partial charge < -0.3 is 9.73 Å². The molecule has 1 unspecified atom stereocenters. The smallest absolute Gasteiger partial charge is 0.103 e. The van der Waals surface area contributed by atoms with Gasteiger partial charge in [0.15, 0.2) is 0 Å². The van der Waals surface area contributed by atoms with Gasteiger partial charge in [-0.3, -0.25) is 4.68 Å². The Bertz CT molecular complexity index is 502. The highest BCUT2D eigenvalue weighted by Crippen LogP contribution is 2.12. The fourth-order valence-electron chi connectivity index (χ4n) is 2.63. The molecule has 0 bridgehead atoms. The highest BCUT2D eigenvalue weighted by molar-refractivity contribution is 5.11. The van der Waals surface area contributed by atoms with Crippen LogP contribution in [0.25, 0.3) is 0 Å². The summed E-state index contributed by atoms with van der Waals surface area (Å²) >= 11 is 0. The van der Waals surface area contributed by atoms with E-state index >= 15 is 0 Å². The lowest BCUT2D eigenvalue weighted by atomic mass is 10.0. The molecule has 20 heavy (non-hydrogen) atoms. The molecule has 2 heterocycles. The molecule has 0 saturated carbocycles. The summed E-state index contributed by atoms with van der Waals surface area (Å²) in [6.07, 6.45) is 4.82. The number of aryl methyl sites for hydroxylation is 3. The Hall–Kier alpha value is -1.55. The molecule has 4 nitrogen and oxygen atoms in total. The third-order valence-corrected chi connectivity index (χ3v) is 3.55. The summed E-state index contributed by atoms with van der Waals surface area (Å²) in [5, 5.41) is 8.09. The van der Waals surface area contributed by atoms with Crippen molar-refractivity contribution in [1.82, 2.24) is 15.1 Å². The molecule has 0 aliphatic carbocycles. The first-order valence-corrected chi connectivity index (χ1v) is 7.52. The predicted octanol–water partition coefficient (Wildman–Crippen LogP) is 2.96. The maximum Gasteiger partial charge on any atom is 0.103 e. The highest BCUT2D eigenvalue weighted by atomic mass is 16.3. The maximum absolute atomic E-state index is 5.42. The Balaban J connectivity index is 1.97. The SMILES string of the molecule is CCNC(CCc1ccco1)Cc1cc(C)nn1CC. The molecule has 1 N–H and O–H groups in total. The van der Waals surface area contributed by atoms with E-state index in [-0.39, 0.29) is 0 Å². The summed E-state index contributed by atoms with van der Waals surface area (Å²) in [6.45, 7) is 8.27. The van der Waals surface area contributed by atoms with Gasteiger partial charge in [0, 0.05) is 31.1 Å². The van der Waals surface area contributed by atoms with Gasteiger partial charge in [-0.2, -0.15) is 5.10 Å². The first-order valence-electron chi connectivity index (χ1n) is 7.52. The lowest BCUT2D eigenvalue weighted by Crippen LogP contribution is -2.32. The van der Waals surface area contributed by atoms with Gasteiger partial charge in [0.25, 0.3) is 0 Å². The van der Waals surface area contributed by atoms with E-state index in [9.17, 15) is 0 Å². The van der Waals surface area contributed by atoms with Crippen LogP contribution in [0.1, 0.15) is 37.4 Å². The van der Waals surface area contributed by atoms with Gasteiger partial charge in [0.05, 0.1) is 12.0 Å². The van der Waals surface area contributed by atoms with Crippen LogP contribution in [0.15, 0.2) is 28.9 Å². The van der Waals surface area contributed by atoms with Crippen molar-refractivity contribution >= 4 is 0 Å². The summed E-state index contributed by atoms with van der Waals surface area (Å²) in [6, 6.07) is 6.66. The number of hydrogen-bond acceptors (Lipinski definition) is 3. The van der Waals surface area contributed by atoms with Crippen LogP contribution in [0.3, 0.4) is 0 Å². The number of likely N-dealkylation sites (N-methyl/N-ethyl adjacent to an activating group) is 1. The number of nitrogens with one attached hydrogen (secondary N) is 1. The van der Waals surface area contributed by atoms with E-state index < -0.39 is 0 Å². The Morgan fingerprint density at radius 1 is 1.40 bits per heavy atom. The summed E-state index contributed by atoms with van der Waals surface area (Å²) in [4.78, 5) is 0. The molecule has 0 aliphatic rings. The van der Waals surface area contributed by atoms with Crippen LogP contribution < -0.4 is 5.32 Å². The highest BCUT2D eigenvalue weighted by Gasteiger charge is 2.13. The van der Waals surface area contributed by atoms with Gasteiger partial charge in [-0.05, 0) is 45.0 Å². The Kier molecular flexibility index (Phi) is 5.41. The second kappa shape index (κ2) is 7.29. The van der Waals surface area contributed by atoms with Crippen LogP contribution >= 0.6 is 0 Å². The van der Waals surface area contributed by atoms with E-state index in [2.05, 4.69) is 41.9 Å². The topological polar surface area (TPSA) is 43.0 Å². The zero-order valence-corrected chi connectivity index (χ0v) is 12.7. The number of hydrogen-bond donors (Lipinski definition) is 1. The molecule has 0 radical (unpaired) electrons. The molecule has 0 saturated heterocycles. The predicted molar refractivity (Wildman–Crippen MR) is 80.8 cm³/mol. The van der Waals surface area contributed by atoms with Gasteiger partial charge in [-0.15, -0.1) is 0 Å². The summed E-state index contributed by atoms with van der Waals surface area (Å²) in [5.41, 5.74) is 2.42. The van der Waals surface area contributed by atoms with Crippen LogP contribution in [0.2, 0.25) is 0 Å². The second-order valence-corrected chi connectivity index (χ2v) is 5.17. The molecular formula is C16H25N3O. The van der Waals surface area contributed by atoms with E-state index in [1.54, 1.807) is 6.26 Å². The minimum absolute atomic E-state index is 0.464. The van der Waals surface area contributed by atoms with E-state index in [0.717, 1.165) is 43.8 Å². The fourth-order valence-corrected chi connectivity index (χ4v) is 2.63. The van der Waals surface area contributed by atoms with Crippen LogP contribution in [0.5, 0.6) is 0 Å². The largest absolute Gasteiger partial charge is 0.469 e. The number of furan rings is 1. The Morgan fingerprint density at radius 3 is 2.90 bits per heavy atom. The normalized spacial score (nSPS) is 12.8. The standard InChI is InChI=1S/C16H25N3O/c1-4-17-14(8-9-16-7-6-10-20-16)12-15-11-13(3)18-19(15)5-2/h6-7,10-11,14,17H,4-5,8-9,12H2,1-3H3. The van der Waals surface area contributed by atoms with Crippen molar-refractivity contribution in [3.8, 4) is 0 Å². The van der Waals surface area contributed by atoms with Crippen molar-refractivity contribution in [1.29, 1.82) is 0 Å². The quantitative estimate of drug-likeness (QED) is 0.805. The monoisotopic (exact) mass is 275 g/mol. The van der Waals surface area contributed by atoms with Crippen LogP contribution in [-0.2, 0) is 19.4 Å². The van der Waals surface area contributed by atoms with Gasteiger partial charge in [-0.1, -0.05) is 6.92 Å². The van der Waals surface area contributed by atoms with Crippen LogP contribution in [-0.4, -0.2) is 22.4 Å². The van der Waals surface area contributed by atoms with Crippen molar-refractivity contribution in [2.45, 2.75) is 52.6 Å². The lowest BCUT2D eigenvalue weighted by molar-refractivity contribution is 0.438. The van der Waals surface area contributed by atoms with Crippen LogP contribution in [0, 0.1) is 6.92 Å². The van der Waals surface area contributed by atoms with E-state index in [0.29, 0.717) is 6.04 Å². The summed E-state index contributed by atoms with van der Waals surface area (Å²) < 4.78 is 7.52. The van der Waals surface area contributed by atoms with Gasteiger partial charge in [0.2, 0.25) is 0 Å². The Morgan fingerprint density at radius 2 is 2.25 bits per heavy atom. The average molecular weight is 275 g/mol. The lowest BCUT2D eigenvalue weighted by Gasteiger charge is -2.17. The van der Waals surface area contributed by atoms with Gasteiger partial charge in [-0.25, -0.2) is 0 Å². The molecule has 0 spiro atoms. The number of aromatic nitrogens is 2. The molecular weight excluding hydrogens is 250 g/mol. The first kappa shape index (κ1) is 14.9. The fraction of sp³-hybridized carbons (Fsp3) is 0.562. The van der Waals surface area contributed by atoms with E-state index in [1.807, 2.05) is 12.1 Å². The zero-order valence-electron chi connectivity index (χ0n) is 12.7. The minimum atomic E-state index is 0.464. The van der Waals surface area contributed by atoms with Crippen molar-refractivity contribution in [3.63, 3.8) is 0 Å². The third kappa shape index (κ3) is 3.97. The zero-order chi connectivity index (χ0) is 14.4. The molecule has 2 aromatic rings. The summed E-state index contributed by atoms with van der Waals surface area (Å²) in [5.74, 6) is 1.06. The number of rotatable bonds is 8. The second-order valence-electron chi connectivity index (χ2n) is 5.17. The maximum atomic E-state index is 5.42. The Labute approximate surface area is 121 Å². The van der Waals surface area contributed by atoms with Gasteiger partial charge >= 0.3 is 0 Å².